The Labute approximate surface area is 87.8 Å². The molecule has 0 saturated heterocycles. The molecule has 0 fully saturated rings. The predicted molar refractivity (Wildman–Crippen MR) is 56.0 cm³/mol. The highest BCUT2D eigenvalue weighted by atomic mass is 16.5. The second-order valence-electron chi connectivity index (χ2n) is 3.41. The minimum absolute atomic E-state index is 0.848. The molecule has 1 N–H and O–H groups in total. The van der Waals surface area contributed by atoms with Crippen molar-refractivity contribution in [3.05, 3.63) is 48.5 Å². The summed E-state index contributed by atoms with van der Waals surface area (Å²) in [7, 11) is 0. The number of ether oxygens (including phenoxy) is 1. The lowest BCUT2D eigenvalue weighted by Gasteiger charge is -2.22. The number of hydrogen-bond acceptors (Lipinski definition) is 4. The average molecular weight is 201 g/mol. The van der Waals surface area contributed by atoms with Gasteiger partial charge >= 0.3 is 0 Å². The number of nitrogens with zero attached hydrogens (tertiary/aromatic N) is 2. The van der Waals surface area contributed by atoms with Crippen LogP contribution in [0.5, 0.6) is 0 Å². The third-order valence-electron chi connectivity index (χ3n) is 2.18. The topological polar surface area (TPSA) is 58.3 Å². The summed E-state index contributed by atoms with van der Waals surface area (Å²) in [5, 5.41) is 3.38. The van der Waals surface area contributed by atoms with Crippen molar-refractivity contribution in [1.29, 1.82) is 5.53 Å². The maximum Gasteiger partial charge on any atom is 0.234 e. The molecular weight excluding hydrogens is 190 g/mol. The molecule has 15 heavy (non-hydrogen) atoms. The van der Waals surface area contributed by atoms with Gasteiger partial charge in [0.25, 0.3) is 0 Å². The first-order valence-corrected chi connectivity index (χ1v) is 4.61. The quantitative estimate of drug-likeness (QED) is 0.748. The summed E-state index contributed by atoms with van der Waals surface area (Å²) in [5.74, 6) is 0. The molecule has 0 bridgehead atoms. The smallest absolute Gasteiger partial charge is 0.234 e. The van der Waals surface area contributed by atoms with Crippen molar-refractivity contribution < 1.29 is 4.74 Å². The van der Waals surface area contributed by atoms with E-state index in [1.165, 1.54) is 0 Å². The molecule has 1 aromatic rings. The summed E-state index contributed by atoms with van der Waals surface area (Å²) in [6.45, 7) is 1.72. The molecule has 1 unspecified atom stereocenters. The number of allylic oxidation sites excluding steroid dienone is 2. The molecule has 0 spiro atoms. The van der Waals surface area contributed by atoms with Crippen LogP contribution < -0.4 is 0 Å². The first-order valence-electron chi connectivity index (χ1n) is 4.61. The highest BCUT2D eigenvalue weighted by molar-refractivity contribution is 5.71. The van der Waals surface area contributed by atoms with Gasteiger partial charge < -0.3 is 4.74 Å². The Balaban J connectivity index is 2.24. The standard InChI is InChI=1S/C11H11N3O/c1-11(14-12)6-5-9(8-15-11)10-4-2-3-7-13-10/h2-8,12H,1H3. The highest BCUT2D eigenvalue weighted by Gasteiger charge is 2.23. The first-order chi connectivity index (χ1) is 7.23. The number of nitrogens with one attached hydrogen (secondary N) is 1. The van der Waals surface area contributed by atoms with Crippen molar-refractivity contribution in [2.45, 2.75) is 12.6 Å². The summed E-state index contributed by atoms with van der Waals surface area (Å²) < 4.78 is 5.34. The highest BCUT2D eigenvalue weighted by Crippen LogP contribution is 2.25. The van der Waals surface area contributed by atoms with E-state index >= 15 is 0 Å². The van der Waals surface area contributed by atoms with Gasteiger partial charge in [-0.3, -0.25) is 4.98 Å². The Morgan fingerprint density at radius 1 is 1.47 bits per heavy atom. The van der Waals surface area contributed by atoms with Gasteiger partial charge in [-0.15, -0.1) is 5.11 Å². The van der Waals surface area contributed by atoms with Gasteiger partial charge in [-0.2, -0.15) is 0 Å². The normalized spacial score (nSPS) is 24.2. The zero-order chi connectivity index (χ0) is 10.7. The van der Waals surface area contributed by atoms with Crippen LogP contribution in [0.15, 0.2) is 47.9 Å². The number of pyridine rings is 1. The van der Waals surface area contributed by atoms with Gasteiger partial charge in [-0.1, -0.05) is 6.07 Å². The molecule has 76 valence electrons. The van der Waals surface area contributed by atoms with Crippen LogP contribution in [0.1, 0.15) is 12.6 Å². The summed E-state index contributed by atoms with van der Waals surface area (Å²) >= 11 is 0. The van der Waals surface area contributed by atoms with Gasteiger partial charge in [0.05, 0.1) is 12.0 Å². The summed E-state index contributed by atoms with van der Waals surface area (Å²) in [6, 6.07) is 5.68. The molecule has 1 aliphatic heterocycles. The number of rotatable bonds is 2. The minimum atomic E-state index is -0.863. The summed E-state index contributed by atoms with van der Waals surface area (Å²) in [6.07, 6.45) is 6.92. The third-order valence-corrected chi connectivity index (χ3v) is 2.18. The van der Waals surface area contributed by atoms with E-state index in [-0.39, 0.29) is 0 Å². The van der Waals surface area contributed by atoms with E-state index in [1.807, 2.05) is 24.3 Å². The van der Waals surface area contributed by atoms with Gasteiger partial charge in [0.15, 0.2) is 0 Å². The fourth-order valence-electron chi connectivity index (χ4n) is 1.25. The molecule has 1 atom stereocenters. The molecule has 0 saturated carbocycles. The molecule has 0 aromatic carbocycles. The largest absolute Gasteiger partial charge is 0.468 e. The zero-order valence-corrected chi connectivity index (χ0v) is 8.34. The molecule has 2 rings (SSSR count). The maximum absolute atomic E-state index is 6.97. The lowest BCUT2D eigenvalue weighted by atomic mass is 10.1. The average Bonchev–Trinajstić information content (AvgIpc) is 2.31. The van der Waals surface area contributed by atoms with Crippen LogP contribution >= 0.6 is 0 Å². The number of aromatic nitrogens is 1. The molecule has 0 aliphatic carbocycles. The predicted octanol–water partition coefficient (Wildman–Crippen LogP) is 2.76. The third kappa shape index (κ3) is 1.93. The van der Waals surface area contributed by atoms with Crippen LogP contribution in [-0.4, -0.2) is 10.7 Å². The van der Waals surface area contributed by atoms with Crippen molar-refractivity contribution in [2.75, 3.05) is 0 Å². The van der Waals surface area contributed by atoms with Crippen molar-refractivity contribution in [3.8, 4) is 0 Å². The zero-order valence-electron chi connectivity index (χ0n) is 8.34. The van der Waals surface area contributed by atoms with Gasteiger partial charge in [0.1, 0.15) is 0 Å². The van der Waals surface area contributed by atoms with E-state index in [9.17, 15) is 0 Å². The Hall–Kier alpha value is -1.97. The molecule has 0 amide bonds. The first kappa shape index (κ1) is 9.58. The van der Waals surface area contributed by atoms with E-state index in [2.05, 4.69) is 10.1 Å². The second kappa shape index (κ2) is 3.65. The maximum atomic E-state index is 6.97. The van der Waals surface area contributed by atoms with Gasteiger partial charge in [0, 0.05) is 18.7 Å². The molecule has 1 aliphatic rings. The second-order valence-corrected chi connectivity index (χ2v) is 3.41. The minimum Gasteiger partial charge on any atom is -0.468 e. The van der Waals surface area contributed by atoms with Crippen molar-refractivity contribution in [3.63, 3.8) is 0 Å². The Morgan fingerprint density at radius 3 is 2.87 bits per heavy atom. The molecule has 4 nitrogen and oxygen atoms in total. The Kier molecular flexibility index (Phi) is 2.33. The van der Waals surface area contributed by atoms with Gasteiger partial charge in [-0.25, -0.2) is 5.53 Å². The van der Waals surface area contributed by atoms with Gasteiger partial charge in [0.2, 0.25) is 5.72 Å². The molecule has 1 aromatic heterocycles. The van der Waals surface area contributed by atoms with Crippen molar-refractivity contribution in [2.24, 2.45) is 5.11 Å². The van der Waals surface area contributed by atoms with Crippen LogP contribution in [-0.2, 0) is 4.74 Å². The lowest BCUT2D eigenvalue weighted by molar-refractivity contribution is 0.0833. The fourth-order valence-corrected chi connectivity index (χ4v) is 1.25. The van der Waals surface area contributed by atoms with Crippen LogP contribution in [0.3, 0.4) is 0 Å². The van der Waals surface area contributed by atoms with Crippen molar-refractivity contribution >= 4 is 5.57 Å². The van der Waals surface area contributed by atoms with E-state index in [0.717, 1.165) is 11.3 Å². The lowest BCUT2D eigenvalue weighted by Crippen LogP contribution is -2.21. The van der Waals surface area contributed by atoms with Crippen molar-refractivity contribution in [1.82, 2.24) is 4.98 Å². The molecule has 2 heterocycles. The van der Waals surface area contributed by atoms with E-state index in [1.54, 1.807) is 25.5 Å². The van der Waals surface area contributed by atoms with Gasteiger partial charge in [-0.05, 0) is 24.3 Å². The molecule has 0 radical (unpaired) electrons. The summed E-state index contributed by atoms with van der Waals surface area (Å²) in [5.41, 5.74) is 7.84. The van der Waals surface area contributed by atoms with Crippen LogP contribution in [0.4, 0.5) is 0 Å². The Morgan fingerprint density at radius 2 is 2.33 bits per heavy atom. The van der Waals surface area contributed by atoms with Crippen LogP contribution in [0.25, 0.3) is 5.57 Å². The SMILES string of the molecule is CC1(N=N)C=CC(c2ccccn2)=CO1. The molecule has 4 heteroatoms. The monoisotopic (exact) mass is 201 g/mol. The molecular formula is C11H11N3O. The van der Waals surface area contributed by atoms with Crippen LogP contribution in [0, 0.1) is 5.53 Å². The summed E-state index contributed by atoms with van der Waals surface area (Å²) in [4.78, 5) is 4.20. The number of hydrogen-bond donors (Lipinski definition) is 1. The van der Waals surface area contributed by atoms with E-state index in [4.69, 9.17) is 10.3 Å². The van der Waals surface area contributed by atoms with E-state index < -0.39 is 5.72 Å². The Bertz CT molecular complexity index is 425. The fraction of sp³-hybridized carbons (Fsp3) is 0.182. The van der Waals surface area contributed by atoms with Crippen LogP contribution in [0.2, 0.25) is 0 Å². The van der Waals surface area contributed by atoms with E-state index in [0.29, 0.717) is 0 Å².